The average Bonchev–Trinajstić information content (AvgIpc) is 3.35. The summed E-state index contributed by atoms with van der Waals surface area (Å²) in [5.74, 6) is 2.13. The molecule has 6 heterocycles. The van der Waals surface area contributed by atoms with Crippen LogP contribution in [0.2, 0.25) is 0 Å². The third-order valence-corrected chi connectivity index (χ3v) is 7.79. The Kier molecular flexibility index (Phi) is 5.47. The van der Waals surface area contributed by atoms with Gasteiger partial charge in [-0.1, -0.05) is 12.1 Å². The lowest BCUT2D eigenvalue weighted by molar-refractivity contribution is 0.106. The zero-order chi connectivity index (χ0) is 24.1. The largest absolute Gasteiger partial charge is 0.378 e. The maximum atomic E-state index is 5.87. The van der Waals surface area contributed by atoms with Crippen LogP contribution in [0.5, 0.6) is 0 Å². The molecule has 1 aromatic carbocycles. The number of anilines is 2. The number of piperidine rings is 1. The van der Waals surface area contributed by atoms with Gasteiger partial charge >= 0.3 is 0 Å². The summed E-state index contributed by atoms with van der Waals surface area (Å²) in [6.45, 7) is 7.55. The van der Waals surface area contributed by atoms with Gasteiger partial charge in [0.15, 0.2) is 5.65 Å². The van der Waals surface area contributed by atoms with Crippen molar-refractivity contribution in [2.75, 3.05) is 49.3 Å². The smallest absolute Gasteiger partial charge is 0.157 e. The molecular formula is C27H31N7O2. The van der Waals surface area contributed by atoms with E-state index < -0.39 is 0 Å². The molecule has 1 atom stereocenters. The first kappa shape index (κ1) is 21.9. The number of rotatable bonds is 3. The Balaban J connectivity index is 1.36. The summed E-state index contributed by atoms with van der Waals surface area (Å²) < 4.78 is 13.6. The lowest BCUT2D eigenvalue weighted by atomic mass is 9.98. The average molecular weight is 486 g/mol. The van der Waals surface area contributed by atoms with Crippen LogP contribution in [0.25, 0.3) is 16.6 Å². The van der Waals surface area contributed by atoms with Crippen molar-refractivity contribution in [1.29, 1.82) is 0 Å². The first-order valence-corrected chi connectivity index (χ1v) is 13.1. The number of hydrogen-bond acceptors (Lipinski definition) is 8. The minimum atomic E-state index is 0.143. The van der Waals surface area contributed by atoms with E-state index in [1.807, 2.05) is 0 Å². The van der Waals surface area contributed by atoms with Gasteiger partial charge in [0.05, 0.1) is 49.4 Å². The first-order valence-electron chi connectivity index (χ1n) is 13.1. The van der Waals surface area contributed by atoms with Crippen LogP contribution in [0.4, 0.5) is 11.6 Å². The number of aryl methyl sites for hydroxylation is 1. The Labute approximate surface area is 210 Å². The minimum absolute atomic E-state index is 0.143. The fraction of sp³-hybridized carbons (Fsp3) is 0.481. The van der Waals surface area contributed by atoms with Crippen LogP contribution in [0, 0.1) is 6.92 Å². The number of nitrogens with zero attached hydrogens (tertiary/aromatic N) is 7. The van der Waals surface area contributed by atoms with E-state index in [0.29, 0.717) is 6.61 Å². The highest BCUT2D eigenvalue weighted by Crippen LogP contribution is 2.38. The van der Waals surface area contributed by atoms with Crippen molar-refractivity contribution in [1.82, 2.24) is 24.6 Å². The first-order chi connectivity index (χ1) is 17.8. The fourth-order valence-corrected chi connectivity index (χ4v) is 6.02. The van der Waals surface area contributed by atoms with Gasteiger partial charge in [-0.2, -0.15) is 9.61 Å². The molecule has 186 valence electrons. The SMILES string of the molecule is Cc1cccc2ncnc(N3CCCCC3c3cc4nc5c(c(N6CCOCC6)n4n3)COCC5)c12. The van der Waals surface area contributed by atoms with Gasteiger partial charge in [-0.25, -0.2) is 15.0 Å². The van der Waals surface area contributed by atoms with Gasteiger partial charge in [-0.3, -0.25) is 0 Å². The van der Waals surface area contributed by atoms with Gasteiger partial charge in [0.2, 0.25) is 0 Å². The van der Waals surface area contributed by atoms with Crippen LogP contribution in [0.15, 0.2) is 30.6 Å². The van der Waals surface area contributed by atoms with Crippen molar-refractivity contribution < 1.29 is 9.47 Å². The van der Waals surface area contributed by atoms with E-state index >= 15 is 0 Å². The molecule has 0 radical (unpaired) electrons. The van der Waals surface area contributed by atoms with Gasteiger partial charge in [-0.05, 0) is 37.8 Å². The van der Waals surface area contributed by atoms with E-state index in [2.05, 4.69) is 50.5 Å². The lowest BCUT2D eigenvalue weighted by Gasteiger charge is -2.36. The number of fused-ring (bicyclic) bond motifs is 3. The maximum absolute atomic E-state index is 5.87. The van der Waals surface area contributed by atoms with Crippen molar-refractivity contribution in [2.24, 2.45) is 0 Å². The van der Waals surface area contributed by atoms with Crippen LogP contribution in [0.3, 0.4) is 0 Å². The Bertz CT molecular complexity index is 1420. The molecule has 3 aromatic heterocycles. The molecule has 0 aliphatic carbocycles. The van der Waals surface area contributed by atoms with Crippen LogP contribution in [0.1, 0.15) is 47.8 Å². The topological polar surface area (TPSA) is 80.9 Å². The van der Waals surface area contributed by atoms with Crippen LogP contribution in [-0.2, 0) is 22.5 Å². The monoisotopic (exact) mass is 485 g/mol. The summed E-state index contributed by atoms with van der Waals surface area (Å²) in [5.41, 5.74) is 6.47. The second-order valence-electron chi connectivity index (χ2n) is 9.97. The molecule has 2 fully saturated rings. The molecule has 36 heavy (non-hydrogen) atoms. The molecule has 3 aliphatic rings. The zero-order valence-electron chi connectivity index (χ0n) is 20.7. The summed E-state index contributed by atoms with van der Waals surface area (Å²) in [7, 11) is 0. The molecule has 0 bridgehead atoms. The molecule has 0 N–H and O–H groups in total. The standard InChI is InChI=1S/C27H31N7O2/c1-18-5-4-6-21-25(18)26(29-17-28-21)33-9-3-2-7-23(33)22-15-24-30-20-8-12-36-16-19(20)27(34(24)31-22)32-10-13-35-14-11-32/h4-6,15,17,23H,2-3,7-14,16H2,1H3. The van der Waals surface area contributed by atoms with E-state index in [4.69, 9.17) is 24.5 Å². The fourth-order valence-electron chi connectivity index (χ4n) is 6.02. The Hall–Kier alpha value is -3.30. The maximum Gasteiger partial charge on any atom is 0.157 e. The Morgan fingerprint density at radius 2 is 1.92 bits per heavy atom. The highest BCUT2D eigenvalue weighted by molar-refractivity contribution is 5.92. The summed E-state index contributed by atoms with van der Waals surface area (Å²) in [6.07, 6.45) is 5.89. The van der Waals surface area contributed by atoms with Gasteiger partial charge < -0.3 is 19.3 Å². The molecule has 9 heteroatoms. The summed E-state index contributed by atoms with van der Waals surface area (Å²) >= 11 is 0. The number of aromatic nitrogens is 5. The van der Waals surface area contributed by atoms with Crippen molar-refractivity contribution >= 4 is 28.2 Å². The van der Waals surface area contributed by atoms with Crippen LogP contribution >= 0.6 is 0 Å². The number of ether oxygens (including phenoxy) is 2. The third kappa shape index (κ3) is 3.60. The number of benzene rings is 1. The molecule has 3 aliphatic heterocycles. The minimum Gasteiger partial charge on any atom is -0.378 e. The Morgan fingerprint density at radius 1 is 1.00 bits per heavy atom. The molecule has 0 spiro atoms. The molecule has 7 rings (SSSR count). The number of hydrogen-bond donors (Lipinski definition) is 0. The lowest BCUT2D eigenvalue weighted by Crippen LogP contribution is -2.39. The van der Waals surface area contributed by atoms with Gasteiger partial charge in [0.1, 0.15) is 18.0 Å². The van der Waals surface area contributed by atoms with Gasteiger partial charge in [0.25, 0.3) is 0 Å². The predicted octanol–water partition coefficient (Wildman–Crippen LogP) is 3.62. The normalized spacial score (nSPS) is 20.8. The number of morpholine rings is 1. The van der Waals surface area contributed by atoms with E-state index in [9.17, 15) is 0 Å². The van der Waals surface area contributed by atoms with Crippen LogP contribution < -0.4 is 9.80 Å². The molecule has 0 amide bonds. The summed E-state index contributed by atoms with van der Waals surface area (Å²) in [5, 5.41) is 6.36. The van der Waals surface area contributed by atoms with E-state index in [0.717, 1.165) is 98.3 Å². The van der Waals surface area contributed by atoms with Gasteiger partial charge in [0, 0.05) is 43.1 Å². The van der Waals surface area contributed by atoms with Crippen LogP contribution in [-0.4, -0.2) is 64.0 Å². The summed E-state index contributed by atoms with van der Waals surface area (Å²) in [6, 6.07) is 8.61. The molecular weight excluding hydrogens is 454 g/mol. The molecule has 4 aromatic rings. The zero-order valence-corrected chi connectivity index (χ0v) is 20.7. The van der Waals surface area contributed by atoms with E-state index in [1.54, 1.807) is 6.33 Å². The molecule has 2 saturated heterocycles. The van der Waals surface area contributed by atoms with Crippen molar-refractivity contribution in [3.8, 4) is 0 Å². The molecule has 1 unspecified atom stereocenters. The highest BCUT2D eigenvalue weighted by atomic mass is 16.5. The van der Waals surface area contributed by atoms with E-state index in [-0.39, 0.29) is 6.04 Å². The van der Waals surface area contributed by atoms with Crippen molar-refractivity contribution in [2.45, 2.75) is 45.3 Å². The molecule has 0 saturated carbocycles. The second kappa shape index (κ2) is 8.97. The predicted molar refractivity (Wildman–Crippen MR) is 138 cm³/mol. The van der Waals surface area contributed by atoms with E-state index in [1.165, 1.54) is 17.5 Å². The second-order valence-corrected chi connectivity index (χ2v) is 9.97. The quantitative estimate of drug-likeness (QED) is 0.435. The van der Waals surface area contributed by atoms with Crippen molar-refractivity contribution in [3.63, 3.8) is 0 Å². The van der Waals surface area contributed by atoms with Gasteiger partial charge in [-0.15, -0.1) is 0 Å². The van der Waals surface area contributed by atoms with Crippen molar-refractivity contribution in [3.05, 3.63) is 53.1 Å². The summed E-state index contributed by atoms with van der Waals surface area (Å²) in [4.78, 5) is 19.2. The third-order valence-electron chi connectivity index (χ3n) is 7.79. The Morgan fingerprint density at radius 3 is 2.83 bits per heavy atom. The molecule has 9 nitrogen and oxygen atoms in total. The highest BCUT2D eigenvalue weighted by Gasteiger charge is 2.31.